The lowest BCUT2D eigenvalue weighted by atomic mass is 10.2. The number of hydrogen-bond donors (Lipinski definition) is 0. The van der Waals surface area contributed by atoms with Crippen molar-refractivity contribution >= 4 is 0 Å². The van der Waals surface area contributed by atoms with Crippen molar-refractivity contribution in [3.05, 3.63) is 23.4 Å². The average Bonchev–Trinajstić information content (AvgIpc) is 2.88. The normalized spacial score (nSPS) is 24.4. The van der Waals surface area contributed by atoms with E-state index in [-0.39, 0.29) is 0 Å². The number of hydrogen-bond acceptors (Lipinski definition) is 3. The molecule has 2 aliphatic heterocycles. The van der Waals surface area contributed by atoms with Crippen LogP contribution in [-0.4, -0.2) is 29.1 Å². The van der Waals surface area contributed by atoms with Gasteiger partial charge in [0.25, 0.3) is 0 Å². The Hall–Kier alpha value is -1.09. The third-order valence-corrected chi connectivity index (χ3v) is 3.66. The minimum atomic E-state index is 0.705. The fraction of sp³-hybridized carbons (Fsp3) is 0.615. The molecule has 0 saturated carbocycles. The molecule has 0 aromatic carbocycles. The van der Waals surface area contributed by atoms with Gasteiger partial charge in [-0.1, -0.05) is 6.07 Å². The van der Waals surface area contributed by atoms with E-state index < -0.39 is 0 Å². The molecule has 3 heteroatoms. The smallest absolute Gasteiger partial charge is 0.216 e. The number of fused-ring (bicyclic) bond motifs is 1. The Balaban J connectivity index is 1.75. The van der Waals surface area contributed by atoms with Gasteiger partial charge in [-0.2, -0.15) is 0 Å². The van der Waals surface area contributed by atoms with E-state index in [9.17, 15) is 0 Å². The van der Waals surface area contributed by atoms with Gasteiger partial charge in [0.05, 0.1) is 12.3 Å². The molecule has 0 bridgehead atoms. The van der Waals surface area contributed by atoms with Crippen LogP contribution < -0.4 is 4.74 Å². The van der Waals surface area contributed by atoms with Crippen molar-refractivity contribution < 1.29 is 4.74 Å². The topological polar surface area (TPSA) is 25.4 Å². The minimum Gasteiger partial charge on any atom is -0.477 e. The Labute approximate surface area is 96.4 Å². The van der Waals surface area contributed by atoms with Crippen LogP contribution in [0.1, 0.15) is 31.0 Å². The Morgan fingerprint density at radius 2 is 2.44 bits per heavy atom. The van der Waals surface area contributed by atoms with Gasteiger partial charge in [-0.05, 0) is 32.4 Å². The summed E-state index contributed by atoms with van der Waals surface area (Å²) in [5, 5.41) is 0. The molecular formula is C13H18N2O. The Morgan fingerprint density at radius 1 is 1.50 bits per heavy atom. The predicted octanol–water partition coefficient (Wildman–Crippen LogP) is 2.00. The van der Waals surface area contributed by atoms with Gasteiger partial charge in [0.15, 0.2) is 0 Å². The van der Waals surface area contributed by atoms with Crippen LogP contribution in [0.3, 0.4) is 0 Å². The molecule has 0 N–H and O–H groups in total. The Bertz CT molecular complexity index is 392. The third kappa shape index (κ3) is 1.80. The van der Waals surface area contributed by atoms with Gasteiger partial charge >= 0.3 is 0 Å². The molecule has 0 unspecified atom stereocenters. The van der Waals surface area contributed by atoms with Crippen LogP contribution in [0.4, 0.5) is 0 Å². The number of likely N-dealkylation sites (tertiary alicyclic amines) is 1. The van der Waals surface area contributed by atoms with Crippen molar-refractivity contribution in [3.63, 3.8) is 0 Å². The zero-order valence-corrected chi connectivity index (χ0v) is 9.78. The summed E-state index contributed by atoms with van der Waals surface area (Å²) in [5.41, 5.74) is 2.41. The van der Waals surface area contributed by atoms with E-state index in [0.29, 0.717) is 6.04 Å². The molecule has 3 heterocycles. The zero-order valence-electron chi connectivity index (χ0n) is 9.78. The van der Waals surface area contributed by atoms with Crippen LogP contribution in [0, 0.1) is 0 Å². The van der Waals surface area contributed by atoms with Crippen molar-refractivity contribution in [2.75, 3.05) is 13.2 Å². The van der Waals surface area contributed by atoms with Gasteiger partial charge in [0.1, 0.15) is 0 Å². The standard InChI is InChI=1S/C13H18N2O/c1-10-3-2-7-15(10)9-12-5-4-11-6-8-16-13(11)14-12/h4-5,10H,2-3,6-9H2,1H3/t10-/m0/s1. The first-order chi connectivity index (χ1) is 7.83. The maximum Gasteiger partial charge on any atom is 0.216 e. The number of pyridine rings is 1. The van der Waals surface area contributed by atoms with Gasteiger partial charge in [-0.3, -0.25) is 4.90 Å². The van der Waals surface area contributed by atoms with Crippen molar-refractivity contribution in [1.82, 2.24) is 9.88 Å². The van der Waals surface area contributed by atoms with Gasteiger partial charge in [0.2, 0.25) is 5.88 Å². The average molecular weight is 218 g/mol. The maximum atomic E-state index is 5.50. The largest absolute Gasteiger partial charge is 0.477 e. The highest BCUT2D eigenvalue weighted by atomic mass is 16.5. The summed E-state index contributed by atoms with van der Waals surface area (Å²) in [6.07, 6.45) is 3.66. The summed E-state index contributed by atoms with van der Waals surface area (Å²) in [5.74, 6) is 0.865. The summed E-state index contributed by atoms with van der Waals surface area (Å²) in [7, 11) is 0. The first-order valence-electron chi connectivity index (χ1n) is 6.18. The van der Waals surface area contributed by atoms with Gasteiger partial charge < -0.3 is 4.74 Å². The summed E-state index contributed by atoms with van der Waals surface area (Å²) in [6, 6.07) is 5.03. The fourth-order valence-electron chi connectivity index (χ4n) is 2.60. The number of rotatable bonds is 2. The predicted molar refractivity (Wildman–Crippen MR) is 62.5 cm³/mol. The van der Waals surface area contributed by atoms with E-state index in [1.54, 1.807) is 0 Å². The van der Waals surface area contributed by atoms with Crippen LogP contribution in [0.2, 0.25) is 0 Å². The van der Waals surface area contributed by atoms with Gasteiger partial charge in [0, 0.05) is 24.6 Å². The van der Waals surface area contributed by atoms with Crippen LogP contribution in [0.25, 0.3) is 0 Å². The molecule has 3 nitrogen and oxygen atoms in total. The van der Waals surface area contributed by atoms with E-state index in [1.807, 2.05) is 0 Å². The lowest BCUT2D eigenvalue weighted by molar-refractivity contribution is 0.255. The highest BCUT2D eigenvalue weighted by molar-refractivity contribution is 5.31. The molecule has 1 aromatic rings. The van der Waals surface area contributed by atoms with Crippen molar-refractivity contribution in [2.24, 2.45) is 0 Å². The molecule has 1 fully saturated rings. The highest BCUT2D eigenvalue weighted by Gasteiger charge is 2.21. The monoisotopic (exact) mass is 218 g/mol. The molecule has 1 atom stereocenters. The van der Waals surface area contributed by atoms with Crippen LogP contribution in [-0.2, 0) is 13.0 Å². The van der Waals surface area contributed by atoms with E-state index in [1.165, 1.54) is 24.9 Å². The lowest BCUT2D eigenvalue weighted by Crippen LogP contribution is -2.26. The molecule has 0 spiro atoms. The number of aromatic nitrogens is 1. The third-order valence-electron chi connectivity index (χ3n) is 3.66. The molecule has 1 saturated heterocycles. The Kier molecular flexibility index (Phi) is 2.56. The molecule has 0 aliphatic carbocycles. The highest BCUT2D eigenvalue weighted by Crippen LogP contribution is 2.24. The zero-order chi connectivity index (χ0) is 11.0. The van der Waals surface area contributed by atoms with E-state index in [0.717, 1.165) is 31.1 Å². The van der Waals surface area contributed by atoms with Crippen molar-refractivity contribution in [1.29, 1.82) is 0 Å². The molecular weight excluding hydrogens is 200 g/mol. The number of nitrogens with zero attached hydrogens (tertiary/aromatic N) is 2. The molecule has 0 amide bonds. The van der Waals surface area contributed by atoms with E-state index >= 15 is 0 Å². The van der Waals surface area contributed by atoms with Crippen LogP contribution in [0.5, 0.6) is 5.88 Å². The molecule has 2 aliphatic rings. The summed E-state index contributed by atoms with van der Waals surface area (Å²) in [6.45, 7) is 5.28. The first kappa shape index (κ1) is 10.1. The van der Waals surface area contributed by atoms with E-state index in [2.05, 4.69) is 28.9 Å². The van der Waals surface area contributed by atoms with Crippen molar-refractivity contribution in [2.45, 2.75) is 38.8 Å². The quantitative estimate of drug-likeness (QED) is 0.759. The SMILES string of the molecule is C[C@H]1CCCN1Cc1ccc2c(n1)OCC2. The molecule has 86 valence electrons. The van der Waals surface area contributed by atoms with E-state index in [4.69, 9.17) is 4.74 Å². The molecule has 0 radical (unpaired) electrons. The van der Waals surface area contributed by atoms with Crippen LogP contribution in [0.15, 0.2) is 12.1 Å². The molecule has 16 heavy (non-hydrogen) atoms. The van der Waals surface area contributed by atoms with Gasteiger partial charge in [-0.25, -0.2) is 4.98 Å². The first-order valence-corrected chi connectivity index (χ1v) is 6.18. The van der Waals surface area contributed by atoms with Gasteiger partial charge in [-0.15, -0.1) is 0 Å². The summed E-state index contributed by atoms with van der Waals surface area (Å²) < 4.78 is 5.50. The van der Waals surface area contributed by atoms with Crippen molar-refractivity contribution in [3.8, 4) is 5.88 Å². The Morgan fingerprint density at radius 3 is 3.25 bits per heavy atom. The number of ether oxygens (including phenoxy) is 1. The summed E-state index contributed by atoms with van der Waals surface area (Å²) >= 11 is 0. The molecule has 1 aromatic heterocycles. The maximum absolute atomic E-state index is 5.50. The second-order valence-corrected chi connectivity index (χ2v) is 4.83. The minimum absolute atomic E-state index is 0.705. The lowest BCUT2D eigenvalue weighted by Gasteiger charge is -2.20. The molecule has 3 rings (SSSR count). The summed E-state index contributed by atoms with van der Waals surface area (Å²) in [4.78, 5) is 7.09. The second-order valence-electron chi connectivity index (χ2n) is 4.83. The fourth-order valence-corrected chi connectivity index (χ4v) is 2.60. The second kappa shape index (κ2) is 4.06. The van der Waals surface area contributed by atoms with Crippen LogP contribution >= 0.6 is 0 Å².